The maximum Gasteiger partial charge on any atom is 0.252 e. The molecule has 1 aromatic carbocycles. The van der Waals surface area contributed by atoms with E-state index in [0.717, 1.165) is 62.4 Å². The number of benzene rings is 1. The topological polar surface area (TPSA) is 46.5 Å². The van der Waals surface area contributed by atoms with Gasteiger partial charge >= 0.3 is 0 Å². The van der Waals surface area contributed by atoms with E-state index in [1.165, 1.54) is 0 Å². The Morgan fingerprint density at radius 3 is 2.82 bits per heavy atom. The van der Waals surface area contributed by atoms with Crippen LogP contribution in [0.3, 0.4) is 0 Å². The van der Waals surface area contributed by atoms with E-state index >= 15 is 0 Å². The van der Waals surface area contributed by atoms with Crippen LogP contribution < -0.4 is 10.9 Å². The number of ether oxygens (including phenoxy) is 1. The molecule has 2 aromatic rings. The van der Waals surface area contributed by atoms with Crippen LogP contribution in [0, 0.1) is 0 Å². The Kier molecular flexibility index (Phi) is 4.75. The second-order valence-corrected chi connectivity index (χ2v) is 5.71. The minimum absolute atomic E-state index is 0.0226. The summed E-state index contributed by atoms with van der Waals surface area (Å²) in [7, 11) is 1.81. The lowest BCUT2D eigenvalue weighted by Gasteiger charge is -2.26. The molecule has 1 fully saturated rings. The van der Waals surface area contributed by atoms with E-state index in [2.05, 4.69) is 16.3 Å². The third kappa shape index (κ3) is 3.31. The van der Waals surface area contributed by atoms with Gasteiger partial charge in [0.15, 0.2) is 0 Å². The molecule has 1 aliphatic rings. The maximum atomic E-state index is 12.0. The van der Waals surface area contributed by atoms with Crippen LogP contribution in [0.25, 0.3) is 10.9 Å². The molecule has 0 unspecified atom stereocenters. The number of aromatic nitrogens is 1. The minimum Gasteiger partial charge on any atom is -0.384 e. The summed E-state index contributed by atoms with van der Waals surface area (Å²) < 4.78 is 7.04. The number of morpholine rings is 1. The number of rotatable bonds is 5. The van der Waals surface area contributed by atoms with Crippen LogP contribution in [0.2, 0.25) is 0 Å². The molecule has 0 atom stereocenters. The van der Waals surface area contributed by atoms with Crippen molar-refractivity contribution in [3.05, 3.63) is 40.7 Å². The molecule has 2 heterocycles. The lowest BCUT2D eigenvalue weighted by molar-refractivity contribution is 0.0378. The van der Waals surface area contributed by atoms with Crippen LogP contribution in [0.4, 0.5) is 5.69 Å². The maximum absolute atomic E-state index is 12.0. The average Bonchev–Trinajstić information content (AvgIpc) is 2.57. The van der Waals surface area contributed by atoms with E-state index in [1.807, 2.05) is 25.2 Å². The molecule has 0 bridgehead atoms. The highest BCUT2D eigenvalue weighted by molar-refractivity contribution is 5.91. The predicted molar refractivity (Wildman–Crippen MR) is 89.6 cm³/mol. The molecule has 118 valence electrons. The fourth-order valence-corrected chi connectivity index (χ4v) is 2.91. The Hall–Kier alpha value is -1.85. The van der Waals surface area contributed by atoms with Gasteiger partial charge in [-0.05, 0) is 19.0 Å². The van der Waals surface area contributed by atoms with Crippen LogP contribution in [-0.2, 0) is 11.8 Å². The number of nitrogens with zero attached hydrogens (tertiary/aromatic N) is 2. The van der Waals surface area contributed by atoms with E-state index in [1.54, 1.807) is 10.6 Å². The van der Waals surface area contributed by atoms with Crippen molar-refractivity contribution in [2.24, 2.45) is 7.05 Å². The highest BCUT2D eigenvalue weighted by Crippen LogP contribution is 2.20. The van der Waals surface area contributed by atoms with Crippen molar-refractivity contribution < 1.29 is 4.74 Å². The molecule has 3 rings (SSSR count). The number of pyridine rings is 1. The van der Waals surface area contributed by atoms with Gasteiger partial charge in [0.25, 0.3) is 5.56 Å². The molecule has 22 heavy (non-hydrogen) atoms. The van der Waals surface area contributed by atoms with Crippen molar-refractivity contribution in [3.8, 4) is 0 Å². The number of para-hydroxylation sites is 1. The molecular weight excluding hydrogens is 278 g/mol. The highest BCUT2D eigenvalue weighted by Gasteiger charge is 2.10. The van der Waals surface area contributed by atoms with Gasteiger partial charge in [0.1, 0.15) is 0 Å². The zero-order valence-corrected chi connectivity index (χ0v) is 13.0. The quantitative estimate of drug-likeness (QED) is 0.854. The second kappa shape index (κ2) is 6.94. The number of nitrogens with one attached hydrogen (secondary N) is 1. The van der Waals surface area contributed by atoms with Crippen LogP contribution in [0.15, 0.2) is 35.1 Å². The molecule has 1 saturated heterocycles. The monoisotopic (exact) mass is 301 g/mol. The number of anilines is 1. The van der Waals surface area contributed by atoms with E-state index < -0.39 is 0 Å². The summed E-state index contributed by atoms with van der Waals surface area (Å²) in [6, 6.07) is 9.70. The van der Waals surface area contributed by atoms with Crippen LogP contribution >= 0.6 is 0 Å². The van der Waals surface area contributed by atoms with Gasteiger partial charge in [-0.3, -0.25) is 9.69 Å². The average molecular weight is 301 g/mol. The van der Waals surface area contributed by atoms with Crippen molar-refractivity contribution in [3.63, 3.8) is 0 Å². The molecular formula is C17H23N3O2. The van der Waals surface area contributed by atoms with Gasteiger partial charge in [-0.25, -0.2) is 0 Å². The first-order valence-electron chi connectivity index (χ1n) is 7.88. The Bertz CT molecular complexity index is 690. The van der Waals surface area contributed by atoms with Gasteiger partial charge in [0.05, 0.1) is 18.7 Å². The summed E-state index contributed by atoms with van der Waals surface area (Å²) in [5.41, 5.74) is 1.92. The third-order valence-corrected chi connectivity index (χ3v) is 4.22. The van der Waals surface area contributed by atoms with Gasteiger partial charge in [-0.2, -0.15) is 0 Å². The Morgan fingerprint density at radius 1 is 1.23 bits per heavy atom. The zero-order valence-electron chi connectivity index (χ0n) is 13.0. The first-order valence-corrected chi connectivity index (χ1v) is 7.88. The fourth-order valence-electron chi connectivity index (χ4n) is 2.91. The SMILES string of the molecule is Cn1c(=O)cc(NCCCN2CCOCC2)c2ccccc21. The molecule has 0 aliphatic carbocycles. The molecule has 0 spiro atoms. The molecule has 0 amide bonds. The summed E-state index contributed by atoms with van der Waals surface area (Å²) in [6.07, 6.45) is 1.06. The number of aryl methyl sites for hydroxylation is 1. The lowest BCUT2D eigenvalue weighted by Crippen LogP contribution is -2.37. The Balaban J connectivity index is 1.64. The van der Waals surface area contributed by atoms with E-state index in [0.29, 0.717) is 0 Å². The van der Waals surface area contributed by atoms with Gasteiger partial charge < -0.3 is 14.6 Å². The van der Waals surface area contributed by atoms with Gasteiger partial charge in [-0.1, -0.05) is 18.2 Å². The van der Waals surface area contributed by atoms with Gasteiger partial charge in [0.2, 0.25) is 0 Å². The first kappa shape index (κ1) is 15.1. The Labute approximate surface area is 130 Å². The van der Waals surface area contributed by atoms with E-state index in [-0.39, 0.29) is 5.56 Å². The van der Waals surface area contributed by atoms with Gasteiger partial charge in [0, 0.05) is 43.8 Å². The molecule has 5 nitrogen and oxygen atoms in total. The number of fused-ring (bicyclic) bond motifs is 1. The zero-order chi connectivity index (χ0) is 15.4. The molecule has 0 saturated carbocycles. The summed E-state index contributed by atoms with van der Waals surface area (Å²) in [5.74, 6) is 0. The summed E-state index contributed by atoms with van der Waals surface area (Å²) >= 11 is 0. The number of hydrogen-bond donors (Lipinski definition) is 1. The standard InChI is InChI=1S/C17H23N3O2/c1-19-16-6-3-2-5-14(16)15(13-17(19)21)18-7-4-8-20-9-11-22-12-10-20/h2-3,5-6,13,18H,4,7-12H2,1H3. The van der Waals surface area contributed by atoms with E-state index in [4.69, 9.17) is 4.74 Å². The summed E-state index contributed by atoms with van der Waals surface area (Å²) in [6.45, 7) is 5.66. The van der Waals surface area contributed by atoms with Gasteiger partial charge in [-0.15, -0.1) is 0 Å². The smallest absolute Gasteiger partial charge is 0.252 e. The number of hydrogen-bond acceptors (Lipinski definition) is 4. The van der Waals surface area contributed by atoms with Crippen molar-refractivity contribution in [1.29, 1.82) is 0 Å². The minimum atomic E-state index is 0.0226. The summed E-state index contributed by atoms with van der Waals surface area (Å²) in [5, 5.41) is 4.52. The third-order valence-electron chi connectivity index (χ3n) is 4.22. The fraction of sp³-hybridized carbons (Fsp3) is 0.471. The van der Waals surface area contributed by atoms with Crippen LogP contribution in [0.1, 0.15) is 6.42 Å². The Morgan fingerprint density at radius 2 is 2.00 bits per heavy atom. The normalized spacial score (nSPS) is 16.0. The molecule has 1 aromatic heterocycles. The first-order chi connectivity index (χ1) is 10.8. The second-order valence-electron chi connectivity index (χ2n) is 5.71. The molecule has 0 radical (unpaired) electrons. The largest absolute Gasteiger partial charge is 0.384 e. The van der Waals surface area contributed by atoms with Crippen molar-refractivity contribution >= 4 is 16.6 Å². The molecule has 5 heteroatoms. The molecule has 1 N–H and O–H groups in total. The highest BCUT2D eigenvalue weighted by atomic mass is 16.5. The van der Waals surface area contributed by atoms with Crippen LogP contribution in [0.5, 0.6) is 0 Å². The molecule has 1 aliphatic heterocycles. The van der Waals surface area contributed by atoms with Crippen molar-refractivity contribution in [2.75, 3.05) is 44.7 Å². The van der Waals surface area contributed by atoms with Crippen LogP contribution in [-0.4, -0.2) is 48.9 Å². The van der Waals surface area contributed by atoms with Crippen molar-refractivity contribution in [2.45, 2.75) is 6.42 Å². The van der Waals surface area contributed by atoms with Crippen molar-refractivity contribution in [1.82, 2.24) is 9.47 Å². The lowest BCUT2D eigenvalue weighted by atomic mass is 10.1. The predicted octanol–water partition coefficient (Wildman–Crippen LogP) is 1.67. The van der Waals surface area contributed by atoms with E-state index in [9.17, 15) is 4.79 Å². The summed E-state index contributed by atoms with van der Waals surface area (Å²) in [4.78, 5) is 14.5.